The maximum Gasteiger partial charge on any atom is 0.203 e. The van der Waals surface area contributed by atoms with Crippen LogP contribution in [0.5, 0.6) is 0 Å². The van der Waals surface area contributed by atoms with Crippen LogP contribution in [0.2, 0.25) is 0 Å². The fourth-order valence-corrected chi connectivity index (χ4v) is 1.85. The van der Waals surface area contributed by atoms with Gasteiger partial charge in [-0.15, -0.1) is 0 Å². The van der Waals surface area contributed by atoms with Gasteiger partial charge in [0.05, 0.1) is 0 Å². The van der Waals surface area contributed by atoms with Crippen LogP contribution in [0.3, 0.4) is 0 Å². The van der Waals surface area contributed by atoms with Crippen LogP contribution in [0.25, 0.3) is 11.0 Å². The molecule has 16 heavy (non-hydrogen) atoms. The highest BCUT2D eigenvalue weighted by atomic mass is 19.1. The van der Waals surface area contributed by atoms with Crippen LogP contribution in [0, 0.1) is 11.2 Å². The number of fused-ring (bicyclic) bond motifs is 1. The number of para-hydroxylation sites is 1. The number of furan rings is 1. The van der Waals surface area contributed by atoms with E-state index in [9.17, 15) is 9.18 Å². The van der Waals surface area contributed by atoms with Gasteiger partial charge < -0.3 is 4.42 Å². The first-order chi connectivity index (χ1) is 7.60. The number of hydrogen-bond acceptors (Lipinski definition) is 2. The van der Waals surface area contributed by atoms with Crippen molar-refractivity contribution in [2.45, 2.75) is 19.8 Å². The highest BCUT2D eigenvalue weighted by molar-refractivity contribution is 6.02. The molecule has 1 heterocycles. The van der Waals surface area contributed by atoms with Crippen molar-refractivity contribution in [2.24, 2.45) is 5.41 Å². The molecule has 0 unspecified atom stereocenters. The molecular weight excluding hydrogens is 207 g/mol. The second kappa shape index (κ2) is 2.94. The lowest BCUT2D eigenvalue weighted by atomic mass is 10.0. The van der Waals surface area contributed by atoms with Gasteiger partial charge in [0, 0.05) is 10.8 Å². The summed E-state index contributed by atoms with van der Waals surface area (Å²) >= 11 is 0. The molecule has 3 heteroatoms. The van der Waals surface area contributed by atoms with E-state index in [2.05, 4.69) is 0 Å². The van der Waals surface area contributed by atoms with E-state index in [0.29, 0.717) is 5.39 Å². The third-order valence-electron chi connectivity index (χ3n) is 3.27. The van der Waals surface area contributed by atoms with E-state index in [1.807, 2.05) is 6.92 Å². The SMILES string of the molecule is CC1(C(=O)c2cc3cccc(F)c3o2)CC1. The fraction of sp³-hybridized carbons (Fsp3) is 0.308. The van der Waals surface area contributed by atoms with Crippen molar-refractivity contribution in [2.75, 3.05) is 0 Å². The summed E-state index contributed by atoms with van der Waals surface area (Å²) in [4.78, 5) is 12.0. The van der Waals surface area contributed by atoms with E-state index in [4.69, 9.17) is 4.42 Å². The Kier molecular flexibility index (Phi) is 1.76. The minimum atomic E-state index is -0.419. The van der Waals surface area contributed by atoms with E-state index in [0.717, 1.165) is 12.8 Å². The van der Waals surface area contributed by atoms with Gasteiger partial charge >= 0.3 is 0 Å². The van der Waals surface area contributed by atoms with Crippen LogP contribution in [0.1, 0.15) is 30.3 Å². The average Bonchev–Trinajstić information content (AvgIpc) is 2.86. The first-order valence-electron chi connectivity index (χ1n) is 5.33. The summed E-state index contributed by atoms with van der Waals surface area (Å²) < 4.78 is 18.7. The molecule has 0 saturated heterocycles. The highest BCUT2D eigenvalue weighted by Gasteiger charge is 2.46. The molecule has 1 aromatic carbocycles. The summed E-state index contributed by atoms with van der Waals surface area (Å²) in [6.07, 6.45) is 1.79. The van der Waals surface area contributed by atoms with Crippen molar-refractivity contribution >= 4 is 16.8 Å². The predicted octanol–water partition coefficient (Wildman–Crippen LogP) is 3.55. The predicted molar refractivity (Wildman–Crippen MR) is 57.8 cm³/mol. The first-order valence-corrected chi connectivity index (χ1v) is 5.33. The Morgan fingerprint density at radius 3 is 2.81 bits per heavy atom. The second-order valence-electron chi connectivity index (χ2n) is 4.66. The molecule has 1 aliphatic rings. The van der Waals surface area contributed by atoms with Crippen LogP contribution in [-0.2, 0) is 0 Å². The van der Waals surface area contributed by atoms with Crippen molar-refractivity contribution in [3.8, 4) is 0 Å². The molecule has 0 bridgehead atoms. The van der Waals surface area contributed by atoms with Gasteiger partial charge in [0.1, 0.15) is 0 Å². The summed E-state index contributed by atoms with van der Waals surface area (Å²) in [5.74, 6) is -0.152. The normalized spacial score (nSPS) is 17.6. The van der Waals surface area contributed by atoms with Crippen LogP contribution < -0.4 is 0 Å². The van der Waals surface area contributed by atoms with Gasteiger partial charge in [-0.3, -0.25) is 4.79 Å². The number of benzene rings is 1. The molecule has 82 valence electrons. The van der Waals surface area contributed by atoms with Gasteiger partial charge in [-0.1, -0.05) is 19.1 Å². The third kappa shape index (κ3) is 1.28. The smallest absolute Gasteiger partial charge is 0.203 e. The van der Waals surface area contributed by atoms with Gasteiger partial charge in [-0.05, 0) is 25.0 Å². The van der Waals surface area contributed by atoms with Crippen molar-refractivity contribution in [3.63, 3.8) is 0 Å². The molecule has 3 rings (SSSR count). The summed E-state index contributed by atoms with van der Waals surface area (Å²) in [7, 11) is 0. The lowest BCUT2D eigenvalue weighted by molar-refractivity contribution is 0.0886. The third-order valence-corrected chi connectivity index (χ3v) is 3.27. The Bertz CT molecular complexity index is 579. The Balaban J connectivity index is 2.12. The zero-order valence-corrected chi connectivity index (χ0v) is 8.92. The first kappa shape index (κ1) is 9.58. The Morgan fingerprint density at radius 1 is 1.44 bits per heavy atom. The van der Waals surface area contributed by atoms with Crippen LogP contribution >= 0.6 is 0 Å². The molecule has 1 saturated carbocycles. The van der Waals surface area contributed by atoms with E-state index in [1.165, 1.54) is 6.07 Å². The van der Waals surface area contributed by atoms with Gasteiger partial charge in [0.2, 0.25) is 5.78 Å². The summed E-state index contributed by atoms with van der Waals surface area (Å²) in [6.45, 7) is 1.92. The van der Waals surface area contributed by atoms with E-state index in [-0.39, 0.29) is 22.5 Å². The molecule has 1 aromatic heterocycles. The number of Topliss-reactive ketones (excluding diaryl/α,β-unsaturated/α-hetero) is 1. The second-order valence-corrected chi connectivity index (χ2v) is 4.66. The Labute approximate surface area is 92.1 Å². The van der Waals surface area contributed by atoms with Crippen LogP contribution in [0.15, 0.2) is 28.7 Å². The number of ketones is 1. The lowest BCUT2D eigenvalue weighted by Gasteiger charge is -2.02. The van der Waals surface area contributed by atoms with Crippen LogP contribution in [-0.4, -0.2) is 5.78 Å². The quantitative estimate of drug-likeness (QED) is 0.721. The summed E-state index contributed by atoms with van der Waals surface area (Å²) in [5, 5.41) is 0.646. The molecule has 2 nitrogen and oxygen atoms in total. The number of halogens is 1. The van der Waals surface area contributed by atoms with E-state index >= 15 is 0 Å². The van der Waals surface area contributed by atoms with Gasteiger partial charge in [0.15, 0.2) is 17.2 Å². The zero-order valence-electron chi connectivity index (χ0n) is 8.92. The maximum atomic E-state index is 13.4. The monoisotopic (exact) mass is 218 g/mol. The molecular formula is C13H11FO2. The standard InChI is InChI=1S/C13H11FO2/c1-13(5-6-13)12(15)10-7-8-3-2-4-9(14)11(8)16-10/h2-4,7H,5-6H2,1H3. The molecule has 0 atom stereocenters. The van der Waals surface area contributed by atoms with Gasteiger partial charge in [0.25, 0.3) is 0 Å². The highest BCUT2D eigenvalue weighted by Crippen LogP contribution is 2.48. The Morgan fingerprint density at radius 2 is 2.19 bits per heavy atom. The van der Waals surface area contributed by atoms with Crippen LogP contribution in [0.4, 0.5) is 4.39 Å². The molecule has 0 amide bonds. The zero-order chi connectivity index (χ0) is 11.3. The molecule has 0 N–H and O–H groups in total. The van der Waals surface area contributed by atoms with Crippen molar-refractivity contribution < 1.29 is 13.6 Å². The minimum absolute atomic E-state index is 0.0110. The number of carbonyl (C=O) groups is 1. The molecule has 1 aliphatic carbocycles. The maximum absolute atomic E-state index is 13.4. The lowest BCUT2D eigenvalue weighted by Crippen LogP contribution is -2.10. The minimum Gasteiger partial charge on any atom is -0.450 e. The molecule has 0 spiro atoms. The average molecular weight is 218 g/mol. The molecule has 0 aliphatic heterocycles. The largest absolute Gasteiger partial charge is 0.450 e. The van der Waals surface area contributed by atoms with Crippen molar-refractivity contribution in [1.82, 2.24) is 0 Å². The van der Waals surface area contributed by atoms with Gasteiger partial charge in [-0.2, -0.15) is 0 Å². The summed E-state index contributed by atoms with van der Waals surface area (Å²) in [5.41, 5.74) is -0.0974. The van der Waals surface area contributed by atoms with Crippen molar-refractivity contribution in [3.05, 3.63) is 35.8 Å². The molecule has 1 fully saturated rings. The molecule has 0 radical (unpaired) electrons. The van der Waals surface area contributed by atoms with Crippen molar-refractivity contribution in [1.29, 1.82) is 0 Å². The van der Waals surface area contributed by atoms with Gasteiger partial charge in [-0.25, -0.2) is 4.39 Å². The number of carbonyl (C=O) groups excluding carboxylic acids is 1. The number of rotatable bonds is 2. The molecule has 2 aromatic rings. The number of hydrogen-bond donors (Lipinski definition) is 0. The summed E-state index contributed by atoms with van der Waals surface area (Å²) in [6, 6.07) is 6.32. The van der Waals surface area contributed by atoms with E-state index in [1.54, 1.807) is 18.2 Å². The van der Waals surface area contributed by atoms with E-state index < -0.39 is 5.82 Å². The fourth-order valence-electron chi connectivity index (χ4n) is 1.85. The topological polar surface area (TPSA) is 30.2 Å². The Hall–Kier alpha value is -1.64.